The van der Waals surface area contributed by atoms with Crippen LogP contribution in [-0.2, 0) is 17.6 Å². The molecule has 0 bridgehead atoms. The van der Waals surface area contributed by atoms with Gasteiger partial charge in [0.15, 0.2) is 0 Å². The molecule has 2 rings (SSSR count). The van der Waals surface area contributed by atoms with Gasteiger partial charge in [0.05, 0.1) is 12.5 Å². The van der Waals surface area contributed by atoms with Gasteiger partial charge in [-0.3, -0.25) is 4.79 Å². The predicted octanol–water partition coefficient (Wildman–Crippen LogP) is 4.96. The number of hydrogen-bond donors (Lipinski definition) is 0. The molecule has 23 heavy (non-hydrogen) atoms. The van der Waals surface area contributed by atoms with Crippen LogP contribution in [0.5, 0.6) is 0 Å². The number of nitrogens with zero attached hydrogens (tertiary/aromatic N) is 1. The quantitative estimate of drug-likeness (QED) is 0.771. The molecule has 0 N–H and O–H groups in total. The van der Waals surface area contributed by atoms with Gasteiger partial charge in [-0.15, -0.1) is 0 Å². The first kappa shape index (κ1) is 17.7. The Hall–Kier alpha value is -1.62. The molecular formula is C21H29NO. The Balaban J connectivity index is 2.09. The van der Waals surface area contributed by atoms with Crippen LogP contribution < -0.4 is 0 Å². The van der Waals surface area contributed by atoms with Gasteiger partial charge in [0, 0.05) is 12.3 Å². The fourth-order valence-corrected chi connectivity index (χ4v) is 3.96. The number of benzene rings is 1. The van der Waals surface area contributed by atoms with Gasteiger partial charge in [-0.05, 0) is 47.6 Å². The Kier molecular flexibility index (Phi) is 5.63. The van der Waals surface area contributed by atoms with Gasteiger partial charge < -0.3 is 0 Å². The highest BCUT2D eigenvalue weighted by molar-refractivity contribution is 5.83. The average molecular weight is 311 g/mol. The highest BCUT2D eigenvalue weighted by atomic mass is 16.1. The Labute approximate surface area is 140 Å². The summed E-state index contributed by atoms with van der Waals surface area (Å²) in [7, 11) is 0. The van der Waals surface area contributed by atoms with Crippen molar-refractivity contribution in [1.29, 1.82) is 5.26 Å². The minimum absolute atomic E-state index is 0.192. The second-order valence-corrected chi connectivity index (χ2v) is 8.22. The molecule has 0 aliphatic heterocycles. The van der Waals surface area contributed by atoms with Crippen molar-refractivity contribution in [1.82, 2.24) is 0 Å². The normalized spacial score (nSPS) is 23.5. The molecule has 124 valence electrons. The van der Waals surface area contributed by atoms with E-state index in [1.165, 1.54) is 12.8 Å². The molecule has 2 atom stereocenters. The van der Waals surface area contributed by atoms with Gasteiger partial charge in [0.2, 0.25) is 0 Å². The first-order chi connectivity index (χ1) is 10.8. The Morgan fingerprint density at radius 1 is 1.26 bits per heavy atom. The number of nitriles is 1. The average Bonchev–Trinajstić information content (AvgIpc) is 2.48. The standard InChI is InChI=1S/C21H29NO/c1-15(2)18-9-11-21(3,4)14-19(18)20(23)13-17-7-5-16(6-8-17)10-12-22/h5-8,15,18-19H,9-11,13-14H2,1-4H3/t18-,19+/m0/s1. The number of carbonyl (C=O) groups is 1. The number of carbonyl (C=O) groups excluding carboxylic acids is 1. The minimum atomic E-state index is 0.192. The number of hydrogen-bond acceptors (Lipinski definition) is 2. The summed E-state index contributed by atoms with van der Waals surface area (Å²) < 4.78 is 0. The van der Waals surface area contributed by atoms with Crippen LogP contribution in [0.15, 0.2) is 24.3 Å². The Morgan fingerprint density at radius 2 is 1.87 bits per heavy atom. The van der Waals surface area contributed by atoms with Crippen molar-refractivity contribution in [3.8, 4) is 6.07 Å². The van der Waals surface area contributed by atoms with Crippen LogP contribution in [0.3, 0.4) is 0 Å². The maximum atomic E-state index is 12.9. The van der Waals surface area contributed by atoms with Gasteiger partial charge in [0.1, 0.15) is 5.78 Å². The summed E-state index contributed by atoms with van der Waals surface area (Å²) in [6, 6.07) is 10.1. The third-order valence-electron chi connectivity index (χ3n) is 5.40. The van der Waals surface area contributed by atoms with Crippen LogP contribution in [-0.4, -0.2) is 5.78 Å². The molecule has 1 aromatic carbocycles. The lowest BCUT2D eigenvalue weighted by Gasteiger charge is -2.42. The fraction of sp³-hybridized carbons (Fsp3) is 0.619. The zero-order chi connectivity index (χ0) is 17.0. The van der Waals surface area contributed by atoms with Crippen LogP contribution in [0.4, 0.5) is 0 Å². The molecule has 0 amide bonds. The summed E-state index contributed by atoms with van der Waals surface area (Å²) in [6.07, 6.45) is 4.36. The van der Waals surface area contributed by atoms with E-state index in [9.17, 15) is 4.79 Å². The third-order valence-corrected chi connectivity index (χ3v) is 5.40. The van der Waals surface area contributed by atoms with Gasteiger partial charge in [-0.2, -0.15) is 5.26 Å². The van der Waals surface area contributed by atoms with Crippen molar-refractivity contribution >= 4 is 5.78 Å². The highest BCUT2D eigenvalue weighted by Crippen LogP contribution is 2.45. The van der Waals surface area contributed by atoms with E-state index < -0.39 is 0 Å². The maximum Gasteiger partial charge on any atom is 0.140 e. The van der Waals surface area contributed by atoms with Crippen LogP contribution in [0.1, 0.15) is 58.1 Å². The molecule has 2 nitrogen and oxygen atoms in total. The second kappa shape index (κ2) is 7.30. The summed E-state index contributed by atoms with van der Waals surface area (Å²) in [5, 5.41) is 8.73. The lowest BCUT2D eigenvalue weighted by Crippen LogP contribution is -2.37. The number of Topliss-reactive ketones (excluding diaryl/α,β-unsaturated/α-hetero) is 1. The fourth-order valence-electron chi connectivity index (χ4n) is 3.96. The third kappa shape index (κ3) is 4.67. The summed E-state index contributed by atoms with van der Waals surface area (Å²) in [5.41, 5.74) is 2.37. The molecule has 0 aromatic heterocycles. The van der Waals surface area contributed by atoms with Crippen LogP contribution >= 0.6 is 0 Å². The summed E-state index contributed by atoms with van der Waals surface area (Å²) >= 11 is 0. The van der Waals surface area contributed by atoms with Gasteiger partial charge in [-0.1, -0.05) is 52.0 Å². The zero-order valence-corrected chi connectivity index (χ0v) is 14.9. The van der Waals surface area contributed by atoms with Gasteiger partial charge >= 0.3 is 0 Å². The molecule has 2 heteroatoms. The smallest absolute Gasteiger partial charge is 0.140 e. The van der Waals surface area contributed by atoms with Crippen LogP contribution in [0, 0.1) is 34.5 Å². The van der Waals surface area contributed by atoms with E-state index in [1.807, 2.05) is 24.3 Å². The van der Waals surface area contributed by atoms with Gasteiger partial charge in [-0.25, -0.2) is 0 Å². The molecule has 0 radical (unpaired) electrons. The largest absolute Gasteiger partial charge is 0.299 e. The first-order valence-electron chi connectivity index (χ1n) is 8.80. The lowest BCUT2D eigenvalue weighted by atomic mass is 9.62. The van der Waals surface area contributed by atoms with E-state index in [0.29, 0.717) is 30.5 Å². The molecule has 1 aromatic rings. The summed E-state index contributed by atoms with van der Waals surface area (Å²) in [5.74, 6) is 1.67. The molecule has 1 fully saturated rings. The molecule has 0 saturated heterocycles. The topological polar surface area (TPSA) is 40.9 Å². The van der Waals surface area contributed by atoms with Crippen molar-refractivity contribution in [2.75, 3.05) is 0 Å². The van der Waals surface area contributed by atoms with E-state index in [0.717, 1.165) is 17.5 Å². The molecular weight excluding hydrogens is 282 g/mol. The number of ketones is 1. The van der Waals surface area contributed by atoms with Gasteiger partial charge in [0.25, 0.3) is 0 Å². The van der Waals surface area contributed by atoms with E-state index in [2.05, 4.69) is 33.8 Å². The minimum Gasteiger partial charge on any atom is -0.299 e. The van der Waals surface area contributed by atoms with E-state index in [4.69, 9.17) is 5.26 Å². The summed E-state index contributed by atoms with van der Waals surface area (Å²) in [6.45, 7) is 9.08. The van der Waals surface area contributed by atoms with Crippen molar-refractivity contribution < 1.29 is 4.79 Å². The predicted molar refractivity (Wildman–Crippen MR) is 93.9 cm³/mol. The molecule has 1 aliphatic carbocycles. The van der Waals surface area contributed by atoms with Crippen LogP contribution in [0.2, 0.25) is 0 Å². The second-order valence-electron chi connectivity index (χ2n) is 8.22. The molecule has 0 spiro atoms. The first-order valence-corrected chi connectivity index (χ1v) is 8.80. The highest BCUT2D eigenvalue weighted by Gasteiger charge is 2.39. The molecule has 0 unspecified atom stereocenters. The molecule has 1 saturated carbocycles. The van der Waals surface area contributed by atoms with Crippen molar-refractivity contribution in [2.45, 2.75) is 59.8 Å². The zero-order valence-electron chi connectivity index (χ0n) is 14.9. The van der Waals surface area contributed by atoms with E-state index in [1.54, 1.807) is 0 Å². The molecule has 1 aliphatic rings. The molecule has 0 heterocycles. The Morgan fingerprint density at radius 3 is 2.43 bits per heavy atom. The van der Waals surface area contributed by atoms with Crippen LogP contribution in [0.25, 0.3) is 0 Å². The lowest BCUT2D eigenvalue weighted by molar-refractivity contribution is -0.127. The van der Waals surface area contributed by atoms with Crippen molar-refractivity contribution in [3.63, 3.8) is 0 Å². The maximum absolute atomic E-state index is 12.9. The Bertz CT molecular complexity index is 577. The van der Waals surface area contributed by atoms with E-state index >= 15 is 0 Å². The number of rotatable bonds is 5. The van der Waals surface area contributed by atoms with Crippen molar-refractivity contribution in [2.24, 2.45) is 23.2 Å². The SMILES string of the molecule is CC(C)[C@@H]1CCC(C)(C)C[C@H]1C(=O)Cc1ccc(CC#N)cc1. The monoisotopic (exact) mass is 311 g/mol. The summed E-state index contributed by atoms with van der Waals surface area (Å²) in [4.78, 5) is 12.9. The van der Waals surface area contributed by atoms with E-state index in [-0.39, 0.29) is 11.3 Å². The van der Waals surface area contributed by atoms with Crippen molar-refractivity contribution in [3.05, 3.63) is 35.4 Å².